The van der Waals surface area contributed by atoms with E-state index in [0.29, 0.717) is 11.1 Å². The maximum Gasteiger partial charge on any atom is 0.226 e. The monoisotopic (exact) mass is 179 g/mol. The van der Waals surface area contributed by atoms with Crippen LogP contribution in [0.4, 0.5) is 0 Å². The number of hydrogen-bond donors (Lipinski definition) is 0. The lowest BCUT2D eigenvalue weighted by atomic mass is 10.1. The van der Waals surface area contributed by atoms with Crippen molar-refractivity contribution in [3.8, 4) is 6.07 Å². The zero-order chi connectivity index (χ0) is 8.97. The number of hydrogen-bond acceptors (Lipinski definition) is 2. The molecule has 0 radical (unpaired) electrons. The van der Waals surface area contributed by atoms with Gasteiger partial charge >= 0.3 is 0 Å². The molecule has 1 aromatic rings. The molecule has 1 rings (SSSR count). The van der Waals surface area contributed by atoms with Crippen LogP contribution >= 0.6 is 11.6 Å². The van der Waals surface area contributed by atoms with Crippen molar-refractivity contribution in [2.24, 2.45) is 0 Å². The molecule has 0 aliphatic rings. The van der Waals surface area contributed by atoms with Crippen LogP contribution in [0.25, 0.3) is 0 Å². The first-order valence-corrected chi connectivity index (χ1v) is 3.78. The minimum Gasteiger partial charge on any atom is -0.281 e. The number of carbonyl (C=O) groups is 1. The molecule has 0 aliphatic heterocycles. The summed E-state index contributed by atoms with van der Waals surface area (Å²) in [6.45, 7) is 0. The highest BCUT2D eigenvalue weighted by atomic mass is 35.5. The minimum absolute atomic E-state index is 0.116. The van der Waals surface area contributed by atoms with E-state index in [4.69, 9.17) is 16.9 Å². The van der Waals surface area contributed by atoms with Gasteiger partial charge in [0.1, 0.15) is 0 Å². The van der Waals surface area contributed by atoms with Crippen LogP contribution in [0.15, 0.2) is 24.3 Å². The van der Waals surface area contributed by atoms with E-state index in [9.17, 15) is 4.79 Å². The number of carbonyl (C=O) groups excluding carboxylic acids is 1. The number of halogens is 1. The maximum atomic E-state index is 10.5. The molecular weight excluding hydrogens is 174 g/mol. The van der Waals surface area contributed by atoms with Gasteiger partial charge in [0.2, 0.25) is 5.24 Å². The molecule has 2 nitrogen and oxygen atoms in total. The van der Waals surface area contributed by atoms with Gasteiger partial charge in [0.15, 0.2) is 0 Å². The molecule has 0 spiro atoms. The van der Waals surface area contributed by atoms with E-state index in [1.807, 2.05) is 6.07 Å². The lowest BCUT2D eigenvalue weighted by Gasteiger charge is -1.97. The van der Waals surface area contributed by atoms with E-state index in [2.05, 4.69) is 0 Å². The van der Waals surface area contributed by atoms with Crippen molar-refractivity contribution in [1.82, 2.24) is 0 Å². The van der Waals surface area contributed by atoms with Crippen LogP contribution in [0.5, 0.6) is 0 Å². The first-order valence-electron chi connectivity index (χ1n) is 3.40. The molecule has 0 N–H and O–H groups in total. The van der Waals surface area contributed by atoms with Crippen LogP contribution in [-0.2, 0) is 11.2 Å². The van der Waals surface area contributed by atoms with Crippen LogP contribution in [0.1, 0.15) is 11.1 Å². The Bertz CT molecular complexity index is 341. The molecule has 0 fully saturated rings. The van der Waals surface area contributed by atoms with Gasteiger partial charge in [-0.15, -0.1) is 0 Å². The Morgan fingerprint density at radius 2 is 2.17 bits per heavy atom. The van der Waals surface area contributed by atoms with Gasteiger partial charge in [-0.25, -0.2) is 0 Å². The highest BCUT2D eigenvalue weighted by Gasteiger charge is 2.03. The van der Waals surface area contributed by atoms with Gasteiger partial charge in [-0.05, 0) is 23.2 Å². The molecule has 0 heterocycles. The highest BCUT2D eigenvalue weighted by molar-refractivity contribution is 6.63. The Morgan fingerprint density at radius 1 is 1.50 bits per heavy atom. The summed E-state index contributed by atoms with van der Waals surface area (Å²) >= 11 is 5.19. The second kappa shape index (κ2) is 3.89. The van der Waals surface area contributed by atoms with Crippen LogP contribution in [-0.4, -0.2) is 5.24 Å². The average molecular weight is 180 g/mol. The predicted octanol–water partition coefficient (Wildman–Crippen LogP) is 1.87. The largest absolute Gasteiger partial charge is 0.281 e. The molecule has 60 valence electrons. The Kier molecular flexibility index (Phi) is 2.84. The van der Waals surface area contributed by atoms with Crippen molar-refractivity contribution in [2.75, 3.05) is 0 Å². The van der Waals surface area contributed by atoms with Gasteiger partial charge < -0.3 is 0 Å². The van der Waals surface area contributed by atoms with E-state index in [1.165, 1.54) is 0 Å². The Labute approximate surface area is 75.4 Å². The number of nitrogens with zero attached hydrogens (tertiary/aromatic N) is 1. The van der Waals surface area contributed by atoms with E-state index < -0.39 is 5.24 Å². The topological polar surface area (TPSA) is 40.9 Å². The first-order chi connectivity index (χ1) is 5.74. The van der Waals surface area contributed by atoms with Crippen LogP contribution in [0.3, 0.4) is 0 Å². The van der Waals surface area contributed by atoms with Gasteiger partial charge in [-0.2, -0.15) is 5.26 Å². The van der Waals surface area contributed by atoms with Crippen molar-refractivity contribution >= 4 is 16.8 Å². The predicted molar refractivity (Wildman–Crippen MR) is 45.7 cm³/mol. The van der Waals surface area contributed by atoms with Gasteiger partial charge in [0, 0.05) is 6.42 Å². The Balaban J connectivity index is 2.99. The number of rotatable bonds is 2. The summed E-state index contributed by atoms with van der Waals surface area (Å²) in [6.07, 6.45) is 0.116. The molecule has 0 amide bonds. The van der Waals surface area contributed by atoms with E-state index in [1.54, 1.807) is 24.3 Å². The summed E-state index contributed by atoms with van der Waals surface area (Å²) in [5.74, 6) is 0. The Hall–Kier alpha value is -1.33. The second-order valence-corrected chi connectivity index (χ2v) is 2.72. The van der Waals surface area contributed by atoms with Crippen molar-refractivity contribution in [3.63, 3.8) is 0 Å². The fourth-order valence-electron chi connectivity index (χ4n) is 0.933. The molecule has 0 bridgehead atoms. The summed E-state index contributed by atoms with van der Waals surface area (Å²) in [6, 6.07) is 8.90. The van der Waals surface area contributed by atoms with Crippen molar-refractivity contribution in [2.45, 2.75) is 6.42 Å². The molecule has 0 unspecified atom stereocenters. The van der Waals surface area contributed by atoms with Crippen molar-refractivity contribution in [1.29, 1.82) is 5.26 Å². The van der Waals surface area contributed by atoms with Crippen LogP contribution < -0.4 is 0 Å². The molecule has 3 heteroatoms. The number of benzene rings is 1. The normalized spacial score (nSPS) is 9.00. The quantitative estimate of drug-likeness (QED) is 0.651. The standard InChI is InChI=1S/C9H6ClNO/c10-9(12)5-7-3-1-2-4-8(7)6-11/h1-4H,5H2. The third kappa shape index (κ3) is 2.08. The van der Waals surface area contributed by atoms with E-state index in [-0.39, 0.29) is 6.42 Å². The summed E-state index contributed by atoms with van der Waals surface area (Å²) < 4.78 is 0. The van der Waals surface area contributed by atoms with Crippen LogP contribution in [0.2, 0.25) is 0 Å². The SMILES string of the molecule is N#Cc1ccccc1CC(=O)Cl. The van der Waals surface area contributed by atoms with Crippen molar-refractivity contribution < 1.29 is 4.79 Å². The number of nitriles is 1. The van der Waals surface area contributed by atoms with E-state index in [0.717, 1.165) is 0 Å². The fraction of sp³-hybridized carbons (Fsp3) is 0.111. The fourth-order valence-corrected chi connectivity index (χ4v) is 1.08. The summed E-state index contributed by atoms with van der Waals surface area (Å²) in [4.78, 5) is 10.5. The maximum absolute atomic E-state index is 10.5. The lowest BCUT2D eigenvalue weighted by Crippen LogP contribution is -1.95. The van der Waals surface area contributed by atoms with Crippen LogP contribution in [0, 0.1) is 11.3 Å². The van der Waals surface area contributed by atoms with Gasteiger partial charge in [-0.3, -0.25) is 4.79 Å². The summed E-state index contributed by atoms with van der Waals surface area (Å²) in [5.41, 5.74) is 1.19. The zero-order valence-electron chi connectivity index (χ0n) is 6.25. The minimum atomic E-state index is -0.447. The van der Waals surface area contributed by atoms with Gasteiger partial charge in [0.05, 0.1) is 11.6 Å². The third-order valence-corrected chi connectivity index (χ3v) is 1.60. The third-order valence-electron chi connectivity index (χ3n) is 1.47. The molecular formula is C9H6ClNO. The summed E-state index contributed by atoms with van der Waals surface area (Å²) in [7, 11) is 0. The second-order valence-electron chi connectivity index (χ2n) is 2.30. The molecule has 0 saturated carbocycles. The zero-order valence-corrected chi connectivity index (χ0v) is 7.01. The lowest BCUT2D eigenvalue weighted by molar-refractivity contribution is -0.111. The Morgan fingerprint density at radius 3 is 2.75 bits per heavy atom. The van der Waals surface area contributed by atoms with Gasteiger partial charge in [0.25, 0.3) is 0 Å². The average Bonchev–Trinajstić information content (AvgIpc) is 2.04. The van der Waals surface area contributed by atoms with Gasteiger partial charge in [-0.1, -0.05) is 18.2 Å². The van der Waals surface area contributed by atoms with E-state index >= 15 is 0 Å². The summed E-state index contributed by atoms with van der Waals surface area (Å²) in [5, 5.41) is 8.18. The molecule has 1 aromatic carbocycles. The molecule has 0 atom stereocenters. The van der Waals surface area contributed by atoms with Crippen molar-refractivity contribution in [3.05, 3.63) is 35.4 Å². The molecule has 0 aliphatic carbocycles. The highest BCUT2D eigenvalue weighted by Crippen LogP contribution is 2.08. The molecule has 12 heavy (non-hydrogen) atoms. The smallest absolute Gasteiger partial charge is 0.226 e. The molecule has 0 aromatic heterocycles. The molecule has 0 saturated heterocycles. The first kappa shape index (κ1) is 8.76.